The van der Waals surface area contributed by atoms with Gasteiger partial charge in [-0.15, -0.1) is 11.8 Å². The summed E-state index contributed by atoms with van der Waals surface area (Å²) in [5.41, 5.74) is 5.87. The summed E-state index contributed by atoms with van der Waals surface area (Å²) in [5.74, 6) is 1.29. The Morgan fingerprint density at radius 1 is 1.50 bits per heavy atom. The summed E-state index contributed by atoms with van der Waals surface area (Å²) in [4.78, 5) is 8.83. The van der Waals surface area contributed by atoms with E-state index in [9.17, 15) is 0 Å². The zero-order valence-electron chi connectivity index (χ0n) is 7.58. The summed E-state index contributed by atoms with van der Waals surface area (Å²) < 4.78 is 1.59. The molecule has 2 N–H and O–H groups in total. The largest absolute Gasteiger partial charge is 0.383 e. The molecule has 0 bridgehead atoms. The zero-order valence-corrected chi connectivity index (χ0v) is 8.40. The predicted molar refractivity (Wildman–Crippen MR) is 55.3 cm³/mol. The molecule has 0 aliphatic rings. The Bertz CT molecular complexity index is 425. The highest BCUT2D eigenvalue weighted by Crippen LogP contribution is 2.23. The highest BCUT2D eigenvalue weighted by atomic mass is 32.2. The van der Waals surface area contributed by atoms with Gasteiger partial charge in [0.25, 0.3) is 0 Å². The van der Waals surface area contributed by atoms with Crippen LogP contribution in [0.25, 0.3) is 5.82 Å². The van der Waals surface area contributed by atoms with E-state index in [4.69, 9.17) is 5.73 Å². The minimum Gasteiger partial charge on any atom is -0.383 e. The fraction of sp³-hybridized carbons (Fsp3) is 0.125. The highest BCUT2D eigenvalue weighted by Gasteiger charge is 2.07. The third-order valence-electron chi connectivity index (χ3n) is 1.77. The van der Waals surface area contributed by atoms with Gasteiger partial charge in [0.1, 0.15) is 12.1 Å². The van der Waals surface area contributed by atoms with Crippen molar-refractivity contribution in [3.63, 3.8) is 0 Å². The molecule has 6 heteroatoms. The van der Waals surface area contributed by atoms with E-state index in [2.05, 4.69) is 15.1 Å². The second kappa shape index (κ2) is 3.67. The molecule has 14 heavy (non-hydrogen) atoms. The molecule has 2 aromatic heterocycles. The van der Waals surface area contributed by atoms with Gasteiger partial charge in [-0.2, -0.15) is 9.78 Å². The number of hydrogen-bond donors (Lipinski definition) is 1. The van der Waals surface area contributed by atoms with Gasteiger partial charge in [0.05, 0.1) is 11.1 Å². The number of hydrogen-bond acceptors (Lipinski definition) is 5. The lowest BCUT2D eigenvalue weighted by atomic mass is 10.5. The van der Waals surface area contributed by atoms with Crippen LogP contribution in [-0.2, 0) is 0 Å². The molecule has 2 rings (SSSR count). The molecule has 0 fully saturated rings. The van der Waals surface area contributed by atoms with Crippen LogP contribution in [0, 0.1) is 0 Å². The number of thioether (sulfide) groups is 1. The van der Waals surface area contributed by atoms with Gasteiger partial charge in [0.15, 0.2) is 5.82 Å². The second-order valence-electron chi connectivity index (χ2n) is 2.58. The van der Waals surface area contributed by atoms with E-state index in [0.29, 0.717) is 11.6 Å². The van der Waals surface area contributed by atoms with Crippen molar-refractivity contribution in [2.45, 2.75) is 4.90 Å². The number of nitrogens with two attached hydrogens (primary N) is 1. The van der Waals surface area contributed by atoms with E-state index in [1.165, 1.54) is 6.33 Å². The van der Waals surface area contributed by atoms with Crippen molar-refractivity contribution < 1.29 is 0 Å². The molecule has 0 saturated carbocycles. The summed E-state index contributed by atoms with van der Waals surface area (Å²) in [6.07, 6.45) is 6.80. The van der Waals surface area contributed by atoms with Gasteiger partial charge >= 0.3 is 0 Å². The molecule has 0 aliphatic carbocycles. The number of nitrogens with zero attached hydrogens (tertiary/aromatic N) is 4. The van der Waals surface area contributed by atoms with Crippen LogP contribution in [0.3, 0.4) is 0 Å². The highest BCUT2D eigenvalue weighted by molar-refractivity contribution is 7.98. The molecular weight excluding hydrogens is 198 g/mol. The molecule has 0 aliphatic heterocycles. The molecule has 72 valence electrons. The Morgan fingerprint density at radius 3 is 2.93 bits per heavy atom. The molecule has 0 radical (unpaired) electrons. The van der Waals surface area contributed by atoms with Crippen LogP contribution in [-0.4, -0.2) is 26.0 Å². The van der Waals surface area contributed by atoms with E-state index >= 15 is 0 Å². The lowest BCUT2D eigenvalue weighted by Gasteiger charge is -2.01. The van der Waals surface area contributed by atoms with Crippen LogP contribution >= 0.6 is 11.8 Å². The van der Waals surface area contributed by atoms with E-state index in [1.54, 1.807) is 34.9 Å². The van der Waals surface area contributed by atoms with Crippen LogP contribution in [0.5, 0.6) is 0 Å². The molecule has 0 atom stereocenters. The zero-order chi connectivity index (χ0) is 9.97. The van der Waals surface area contributed by atoms with Gasteiger partial charge in [0, 0.05) is 12.3 Å². The standard InChI is InChI=1S/C8H9N5S/c1-14-6-4-12-13(8(6)9)7-2-3-10-5-11-7/h2-5H,9H2,1H3. The first-order valence-corrected chi connectivity index (χ1v) is 5.19. The number of aromatic nitrogens is 4. The van der Waals surface area contributed by atoms with Crippen molar-refractivity contribution >= 4 is 17.6 Å². The molecule has 0 aromatic carbocycles. The molecule has 0 amide bonds. The second-order valence-corrected chi connectivity index (χ2v) is 3.43. The Kier molecular flexibility index (Phi) is 2.36. The summed E-state index contributed by atoms with van der Waals surface area (Å²) in [7, 11) is 0. The first-order valence-electron chi connectivity index (χ1n) is 3.97. The van der Waals surface area contributed by atoms with Gasteiger partial charge in [-0.3, -0.25) is 0 Å². The Hall–Kier alpha value is -1.56. The summed E-state index contributed by atoms with van der Waals surface area (Å²) >= 11 is 1.56. The lowest BCUT2D eigenvalue weighted by Crippen LogP contribution is -2.03. The maximum Gasteiger partial charge on any atom is 0.159 e. The van der Waals surface area contributed by atoms with Gasteiger partial charge in [0.2, 0.25) is 0 Å². The maximum absolute atomic E-state index is 5.87. The van der Waals surface area contributed by atoms with E-state index in [-0.39, 0.29) is 0 Å². The number of nitrogen functional groups attached to an aromatic ring is 1. The normalized spacial score (nSPS) is 10.4. The molecular formula is C8H9N5S. The average molecular weight is 207 g/mol. The predicted octanol–water partition coefficient (Wildman–Crippen LogP) is 0.966. The molecule has 0 spiro atoms. The third-order valence-corrected chi connectivity index (χ3v) is 2.53. The first kappa shape index (κ1) is 9.01. The first-order chi connectivity index (χ1) is 6.83. The minimum absolute atomic E-state index is 0.608. The Morgan fingerprint density at radius 2 is 2.36 bits per heavy atom. The Balaban J connectivity index is 2.48. The van der Waals surface area contributed by atoms with Crippen LogP contribution < -0.4 is 5.73 Å². The van der Waals surface area contributed by atoms with Crippen molar-refractivity contribution in [1.29, 1.82) is 0 Å². The minimum atomic E-state index is 0.608. The third kappa shape index (κ3) is 1.44. The molecule has 0 unspecified atom stereocenters. The monoisotopic (exact) mass is 207 g/mol. The van der Waals surface area contributed by atoms with Crippen molar-refractivity contribution in [2.24, 2.45) is 0 Å². The molecule has 2 heterocycles. The van der Waals surface area contributed by atoms with E-state index in [0.717, 1.165) is 4.90 Å². The Labute approximate surface area is 85.4 Å². The topological polar surface area (TPSA) is 69.6 Å². The summed E-state index contributed by atoms with van der Waals surface area (Å²) in [5, 5.41) is 4.14. The molecule has 5 nitrogen and oxygen atoms in total. The van der Waals surface area contributed by atoms with Gasteiger partial charge in [-0.1, -0.05) is 0 Å². The fourth-order valence-electron chi connectivity index (χ4n) is 1.09. The number of rotatable bonds is 2. The summed E-state index contributed by atoms with van der Waals surface area (Å²) in [6, 6.07) is 1.76. The van der Waals surface area contributed by atoms with Crippen LogP contribution in [0.15, 0.2) is 29.7 Å². The quantitative estimate of drug-likeness (QED) is 0.743. The van der Waals surface area contributed by atoms with E-state index in [1.807, 2.05) is 6.26 Å². The molecule has 0 saturated heterocycles. The van der Waals surface area contributed by atoms with Gasteiger partial charge in [-0.25, -0.2) is 9.97 Å². The average Bonchev–Trinajstić information content (AvgIpc) is 2.61. The van der Waals surface area contributed by atoms with E-state index < -0.39 is 0 Å². The van der Waals surface area contributed by atoms with Crippen LogP contribution in [0.4, 0.5) is 5.82 Å². The lowest BCUT2D eigenvalue weighted by molar-refractivity contribution is 0.849. The van der Waals surface area contributed by atoms with Crippen LogP contribution in [0.2, 0.25) is 0 Å². The van der Waals surface area contributed by atoms with Crippen molar-refractivity contribution in [3.8, 4) is 5.82 Å². The smallest absolute Gasteiger partial charge is 0.159 e. The molecule has 2 aromatic rings. The maximum atomic E-state index is 5.87. The van der Waals surface area contributed by atoms with Crippen molar-refractivity contribution in [2.75, 3.05) is 12.0 Å². The van der Waals surface area contributed by atoms with Gasteiger partial charge < -0.3 is 5.73 Å². The SMILES string of the molecule is CSc1cnn(-c2ccncn2)c1N. The summed E-state index contributed by atoms with van der Waals surface area (Å²) in [6.45, 7) is 0. The van der Waals surface area contributed by atoms with Crippen molar-refractivity contribution in [3.05, 3.63) is 24.8 Å². The number of anilines is 1. The van der Waals surface area contributed by atoms with Crippen molar-refractivity contribution in [1.82, 2.24) is 19.7 Å². The fourth-order valence-corrected chi connectivity index (χ4v) is 1.54. The van der Waals surface area contributed by atoms with Gasteiger partial charge in [-0.05, 0) is 6.26 Å². The van der Waals surface area contributed by atoms with Crippen LogP contribution in [0.1, 0.15) is 0 Å².